The maximum atomic E-state index is 4.17. The first kappa shape index (κ1) is 10.1. The van der Waals surface area contributed by atoms with Crippen molar-refractivity contribution in [2.45, 2.75) is 6.54 Å². The van der Waals surface area contributed by atoms with E-state index in [9.17, 15) is 0 Å². The lowest BCUT2D eigenvalue weighted by atomic mass is 10.4. The van der Waals surface area contributed by atoms with Crippen molar-refractivity contribution in [1.29, 1.82) is 0 Å². The first-order valence-corrected chi connectivity index (χ1v) is 5.23. The van der Waals surface area contributed by atoms with Crippen LogP contribution in [0.2, 0.25) is 0 Å². The molecule has 0 aliphatic carbocycles. The number of halogens is 1. The van der Waals surface area contributed by atoms with Gasteiger partial charge in [0.15, 0.2) is 0 Å². The lowest BCUT2D eigenvalue weighted by molar-refractivity contribution is 0.646. The van der Waals surface area contributed by atoms with Crippen LogP contribution in [-0.4, -0.2) is 20.0 Å². The predicted molar refractivity (Wildman–Crippen MR) is 60.3 cm³/mol. The summed E-state index contributed by atoms with van der Waals surface area (Å²) < 4.78 is 0.939. The number of rotatable bonds is 3. The molecule has 0 saturated heterocycles. The molecule has 0 amide bonds. The van der Waals surface area contributed by atoms with Crippen LogP contribution < -0.4 is 5.32 Å². The number of anilines is 1. The van der Waals surface area contributed by atoms with Crippen molar-refractivity contribution in [3.8, 4) is 0 Å². The van der Waals surface area contributed by atoms with E-state index >= 15 is 0 Å². The minimum atomic E-state index is 0.649. The highest BCUT2D eigenvalue weighted by Crippen LogP contribution is 2.20. The molecule has 0 atom stereocenters. The lowest BCUT2D eigenvalue weighted by Crippen LogP contribution is -2.01. The molecule has 2 rings (SSSR count). The Morgan fingerprint density at radius 3 is 3.00 bits per heavy atom. The highest BCUT2D eigenvalue weighted by molar-refractivity contribution is 9.10. The average molecular weight is 268 g/mol. The predicted octanol–water partition coefficient (Wildman–Crippen LogP) is 1.58. The monoisotopic (exact) mass is 267 g/mol. The Hall–Kier alpha value is -1.43. The molecule has 6 heteroatoms. The Balaban J connectivity index is 2.02. The van der Waals surface area contributed by atoms with E-state index in [1.54, 1.807) is 30.4 Å². The van der Waals surface area contributed by atoms with E-state index in [1.165, 1.54) is 0 Å². The van der Waals surface area contributed by atoms with Crippen LogP contribution in [0.25, 0.3) is 0 Å². The molecule has 0 radical (unpaired) electrons. The van der Waals surface area contributed by atoms with E-state index in [1.807, 2.05) is 6.07 Å². The molecule has 1 N–H and O–H groups in total. The third-order valence-corrected chi connectivity index (χ3v) is 2.51. The molecule has 15 heavy (non-hydrogen) atoms. The van der Waals surface area contributed by atoms with Crippen molar-refractivity contribution in [3.05, 3.63) is 34.8 Å². The number of pyridine rings is 1. The molecule has 78 valence electrons. The number of aryl methyl sites for hydroxylation is 1. The summed E-state index contributed by atoms with van der Waals surface area (Å²) >= 11 is 3.41. The van der Waals surface area contributed by atoms with Gasteiger partial charge in [-0.1, -0.05) is 0 Å². The second-order valence-corrected chi connectivity index (χ2v) is 3.89. The van der Waals surface area contributed by atoms with Gasteiger partial charge in [0, 0.05) is 19.4 Å². The van der Waals surface area contributed by atoms with Crippen molar-refractivity contribution < 1.29 is 0 Å². The van der Waals surface area contributed by atoms with Gasteiger partial charge in [-0.25, -0.2) is 0 Å². The normalized spacial score (nSPS) is 10.3. The van der Waals surface area contributed by atoms with Crippen LogP contribution in [0.4, 0.5) is 5.69 Å². The van der Waals surface area contributed by atoms with E-state index in [0.717, 1.165) is 15.9 Å². The lowest BCUT2D eigenvalue weighted by Gasteiger charge is -2.05. The molecular formula is C9H10BrN5. The maximum Gasteiger partial charge on any atom is 0.102 e. The fourth-order valence-electron chi connectivity index (χ4n) is 1.17. The zero-order chi connectivity index (χ0) is 10.7. The Morgan fingerprint density at radius 2 is 2.33 bits per heavy atom. The zero-order valence-corrected chi connectivity index (χ0v) is 9.77. The summed E-state index contributed by atoms with van der Waals surface area (Å²) in [6.45, 7) is 0.649. The zero-order valence-electron chi connectivity index (χ0n) is 8.18. The molecule has 0 saturated carbocycles. The van der Waals surface area contributed by atoms with Gasteiger partial charge in [0.2, 0.25) is 0 Å². The minimum absolute atomic E-state index is 0.649. The van der Waals surface area contributed by atoms with E-state index in [0.29, 0.717) is 6.54 Å². The summed E-state index contributed by atoms with van der Waals surface area (Å²) in [7, 11) is 1.80. The van der Waals surface area contributed by atoms with Gasteiger partial charge >= 0.3 is 0 Å². The van der Waals surface area contributed by atoms with Crippen molar-refractivity contribution >= 4 is 21.6 Å². The van der Waals surface area contributed by atoms with Gasteiger partial charge in [-0.2, -0.15) is 15.0 Å². The molecule has 0 unspecified atom stereocenters. The topological polar surface area (TPSA) is 55.6 Å². The van der Waals surface area contributed by atoms with E-state index in [-0.39, 0.29) is 0 Å². The largest absolute Gasteiger partial charge is 0.378 e. The summed E-state index contributed by atoms with van der Waals surface area (Å²) in [6, 6.07) is 1.90. The third kappa shape index (κ3) is 2.53. The molecule has 0 fully saturated rings. The van der Waals surface area contributed by atoms with Crippen LogP contribution in [0, 0.1) is 0 Å². The van der Waals surface area contributed by atoms with Crippen LogP contribution in [0.3, 0.4) is 0 Å². The summed E-state index contributed by atoms with van der Waals surface area (Å²) in [4.78, 5) is 5.53. The first-order chi connectivity index (χ1) is 7.25. The second kappa shape index (κ2) is 4.39. The molecule has 2 aromatic heterocycles. The molecule has 0 aliphatic heterocycles. The highest BCUT2D eigenvalue weighted by Gasteiger charge is 2.00. The summed E-state index contributed by atoms with van der Waals surface area (Å²) in [5.74, 6) is 0. The van der Waals surface area contributed by atoms with E-state index < -0.39 is 0 Å². The standard InChI is InChI=1S/C9H10BrN5/c1-15-13-5-7(14-15)4-12-9-2-3-11-6-8(9)10/h2-3,5-6H,4H2,1H3,(H,11,12). The van der Waals surface area contributed by atoms with Gasteiger partial charge in [-0.05, 0) is 22.0 Å². The number of hydrogen-bond acceptors (Lipinski definition) is 4. The number of hydrogen-bond donors (Lipinski definition) is 1. The fraction of sp³-hybridized carbons (Fsp3) is 0.222. The smallest absolute Gasteiger partial charge is 0.102 e. The molecule has 2 heterocycles. The van der Waals surface area contributed by atoms with Crippen molar-refractivity contribution in [3.63, 3.8) is 0 Å². The van der Waals surface area contributed by atoms with Crippen molar-refractivity contribution in [2.75, 3.05) is 5.32 Å². The minimum Gasteiger partial charge on any atom is -0.378 e. The molecule has 0 spiro atoms. The quantitative estimate of drug-likeness (QED) is 0.918. The maximum absolute atomic E-state index is 4.17. The molecule has 0 aromatic carbocycles. The van der Waals surface area contributed by atoms with Crippen LogP contribution in [0.5, 0.6) is 0 Å². The van der Waals surface area contributed by atoms with Crippen molar-refractivity contribution in [1.82, 2.24) is 20.0 Å². The third-order valence-electron chi connectivity index (χ3n) is 1.88. The molecule has 5 nitrogen and oxygen atoms in total. The Morgan fingerprint density at radius 1 is 1.47 bits per heavy atom. The van der Waals surface area contributed by atoms with Crippen LogP contribution in [-0.2, 0) is 13.6 Å². The van der Waals surface area contributed by atoms with Gasteiger partial charge in [0.25, 0.3) is 0 Å². The Labute approximate surface area is 95.7 Å². The van der Waals surface area contributed by atoms with Crippen LogP contribution in [0.15, 0.2) is 29.1 Å². The van der Waals surface area contributed by atoms with Gasteiger partial charge < -0.3 is 5.32 Å². The second-order valence-electron chi connectivity index (χ2n) is 3.03. The SMILES string of the molecule is Cn1ncc(CNc2ccncc2Br)n1. The summed E-state index contributed by atoms with van der Waals surface area (Å²) in [6.07, 6.45) is 5.23. The van der Waals surface area contributed by atoms with Crippen molar-refractivity contribution in [2.24, 2.45) is 7.05 Å². The van der Waals surface area contributed by atoms with Crippen LogP contribution >= 0.6 is 15.9 Å². The highest BCUT2D eigenvalue weighted by atomic mass is 79.9. The average Bonchev–Trinajstić information content (AvgIpc) is 2.63. The van der Waals surface area contributed by atoms with E-state index in [2.05, 4.69) is 36.4 Å². The Bertz CT molecular complexity index is 453. The summed E-state index contributed by atoms with van der Waals surface area (Å²) in [5.41, 5.74) is 1.90. The van der Waals surface area contributed by atoms with Crippen LogP contribution in [0.1, 0.15) is 5.69 Å². The van der Waals surface area contributed by atoms with Gasteiger partial charge in [-0.3, -0.25) is 4.98 Å². The molecular weight excluding hydrogens is 258 g/mol. The van der Waals surface area contributed by atoms with Gasteiger partial charge in [-0.15, -0.1) is 0 Å². The number of nitrogens with one attached hydrogen (secondary N) is 1. The van der Waals surface area contributed by atoms with E-state index in [4.69, 9.17) is 0 Å². The van der Waals surface area contributed by atoms with Gasteiger partial charge in [0.05, 0.1) is 22.9 Å². The number of nitrogens with zero attached hydrogens (tertiary/aromatic N) is 4. The summed E-state index contributed by atoms with van der Waals surface area (Å²) in [5, 5.41) is 11.4. The van der Waals surface area contributed by atoms with Gasteiger partial charge in [0.1, 0.15) is 5.69 Å². The number of aromatic nitrogens is 4. The molecule has 2 aromatic rings. The Kier molecular flexibility index (Phi) is 2.96. The first-order valence-electron chi connectivity index (χ1n) is 4.44. The molecule has 0 bridgehead atoms. The fourth-order valence-corrected chi connectivity index (χ4v) is 1.56. The molecule has 0 aliphatic rings.